The summed E-state index contributed by atoms with van der Waals surface area (Å²) in [5.41, 5.74) is 5.28. The second-order valence-electron chi connectivity index (χ2n) is 16.2. The first-order valence-electron chi connectivity index (χ1n) is 19.4. The summed E-state index contributed by atoms with van der Waals surface area (Å²) in [6, 6.07) is 11.9. The van der Waals surface area contributed by atoms with E-state index >= 15 is 4.39 Å². The van der Waals surface area contributed by atoms with Crippen LogP contribution < -0.4 is 15.5 Å². The average molecular weight is 739 g/mol. The van der Waals surface area contributed by atoms with Gasteiger partial charge in [-0.1, -0.05) is 12.1 Å². The Morgan fingerprint density at radius 2 is 1.80 bits per heavy atom. The number of rotatable bonds is 8. The molecule has 2 aromatic carbocycles. The highest BCUT2D eigenvalue weighted by molar-refractivity contribution is 6.09. The van der Waals surface area contributed by atoms with Gasteiger partial charge in [0.05, 0.1) is 47.9 Å². The van der Waals surface area contributed by atoms with Gasteiger partial charge >= 0.3 is 0 Å². The van der Waals surface area contributed by atoms with Gasteiger partial charge in [0.25, 0.3) is 5.91 Å². The Kier molecular flexibility index (Phi) is 8.74. The summed E-state index contributed by atoms with van der Waals surface area (Å²) < 4.78 is 37.1. The third-order valence-corrected chi connectivity index (χ3v) is 12.8. The number of anilines is 3. The molecule has 54 heavy (non-hydrogen) atoms. The Morgan fingerprint density at radius 1 is 1.02 bits per heavy atom. The quantitative estimate of drug-likeness (QED) is 0.231. The van der Waals surface area contributed by atoms with E-state index in [0.717, 1.165) is 75.3 Å². The van der Waals surface area contributed by atoms with Gasteiger partial charge in [-0.15, -0.1) is 0 Å². The number of carbonyl (C=O) groups is 2. The number of nitrogens with zero attached hydrogens (tertiary/aromatic N) is 6. The maximum Gasteiger partial charge on any atom is 0.251 e. The van der Waals surface area contributed by atoms with Crippen molar-refractivity contribution in [3.63, 3.8) is 0 Å². The number of nitrogens with one attached hydrogen (secondary N) is 2. The number of piperidine rings is 1. The number of hydrogen-bond acceptors (Lipinski definition) is 8. The van der Waals surface area contributed by atoms with Gasteiger partial charge in [-0.25, -0.2) is 18.7 Å². The molecule has 2 N–H and O–H groups in total. The van der Waals surface area contributed by atoms with Crippen molar-refractivity contribution < 1.29 is 23.1 Å². The van der Waals surface area contributed by atoms with E-state index in [4.69, 9.17) is 14.7 Å². The summed E-state index contributed by atoms with van der Waals surface area (Å²) in [6.45, 7) is 10.2. The van der Waals surface area contributed by atoms with Crippen molar-refractivity contribution in [3.8, 4) is 11.3 Å². The third-order valence-electron chi connectivity index (χ3n) is 12.8. The smallest absolute Gasteiger partial charge is 0.251 e. The molecule has 13 heteroatoms. The molecule has 284 valence electrons. The molecule has 5 aliphatic rings. The molecule has 1 aliphatic carbocycles. The van der Waals surface area contributed by atoms with E-state index in [1.807, 2.05) is 30.5 Å². The van der Waals surface area contributed by atoms with Crippen LogP contribution in [0, 0.1) is 12.7 Å². The monoisotopic (exact) mass is 738 g/mol. The van der Waals surface area contributed by atoms with Crippen LogP contribution in [0.25, 0.3) is 22.3 Å². The summed E-state index contributed by atoms with van der Waals surface area (Å²) in [7, 11) is 1.55. The summed E-state index contributed by atoms with van der Waals surface area (Å²) in [5.74, 6) is -0.221. The van der Waals surface area contributed by atoms with Crippen LogP contribution in [0.3, 0.4) is 0 Å². The van der Waals surface area contributed by atoms with Gasteiger partial charge in [0, 0.05) is 55.1 Å². The van der Waals surface area contributed by atoms with Crippen LogP contribution in [-0.4, -0.2) is 107 Å². The number of ether oxygens (including phenoxy) is 1. The molecule has 1 spiro atoms. The summed E-state index contributed by atoms with van der Waals surface area (Å²) in [6.07, 6.45) is 4.73. The zero-order valence-electron chi connectivity index (χ0n) is 31.4. The number of likely N-dealkylation sites (tertiary alicyclic amines) is 2. The van der Waals surface area contributed by atoms with Gasteiger partial charge in [0.2, 0.25) is 5.91 Å². The minimum atomic E-state index is -0.771. The van der Waals surface area contributed by atoms with Crippen LogP contribution in [0.2, 0.25) is 0 Å². The van der Waals surface area contributed by atoms with E-state index in [1.165, 1.54) is 12.1 Å². The molecular weight excluding hydrogens is 690 g/mol. The minimum absolute atomic E-state index is 0.0426. The van der Waals surface area contributed by atoms with Crippen molar-refractivity contribution in [2.75, 3.05) is 56.7 Å². The van der Waals surface area contributed by atoms with Crippen molar-refractivity contribution in [1.29, 1.82) is 0 Å². The maximum atomic E-state index is 15.5. The van der Waals surface area contributed by atoms with Crippen LogP contribution in [0.15, 0.2) is 42.7 Å². The van der Waals surface area contributed by atoms with Crippen molar-refractivity contribution >= 4 is 40.0 Å². The summed E-state index contributed by atoms with van der Waals surface area (Å²) >= 11 is 0. The van der Waals surface area contributed by atoms with Gasteiger partial charge in [-0.05, 0) is 101 Å². The lowest BCUT2D eigenvalue weighted by molar-refractivity contribution is -0.128. The fraction of sp³-hybridized carbons (Fsp3) is 0.512. The Hall–Kier alpha value is -4.46. The molecule has 1 saturated carbocycles. The van der Waals surface area contributed by atoms with E-state index in [0.29, 0.717) is 52.7 Å². The molecule has 2 amide bonds. The van der Waals surface area contributed by atoms with E-state index in [9.17, 15) is 14.0 Å². The average Bonchev–Trinajstić information content (AvgIpc) is 3.81. The molecule has 2 aromatic heterocycles. The molecule has 1 atom stereocenters. The Morgan fingerprint density at radius 3 is 2.46 bits per heavy atom. The van der Waals surface area contributed by atoms with Crippen molar-refractivity contribution in [2.45, 2.75) is 88.6 Å². The van der Waals surface area contributed by atoms with Gasteiger partial charge in [-0.2, -0.15) is 0 Å². The lowest BCUT2D eigenvalue weighted by Crippen LogP contribution is -2.59. The fourth-order valence-corrected chi connectivity index (χ4v) is 9.41. The number of imidazole rings is 1. The van der Waals surface area contributed by atoms with Crippen LogP contribution >= 0.6 is 0 Å². The largest absolute Gasteiger partial charge is 0.378 e. The SMILES string of the molecule is CNC(=O)c1cc(Nc2nc(-c3ccc4c(c3)N(C3CC(N5CC[C@@H](F)C5)C3)C(=O)C43CCN(C4COC4)CC3)cc3ncn(C(C)C)c23)c(F)cc1C. The number of amides is 2. The Balaban J connectivity index is 1.10. The summed E-state index contributed by atoms with van der Waals surface area (Å²) in [4.78, 5) is 44.1. The van der Waals surface area contributed by atoms with E-state index in [2.05, 4.69) is 37.5 Å². The maximum absolute atomic E-state index is 15.5. The van der Waals surface area contributed by atoms with Crippen LogP contribution in [0.4, 0.5) is 26.0 Å². The number of hydrogen-bond donors (Lipinski definition) is 2. The predicted molar refractivity (Wildman–Crippen MR) is 204 cm³/mol. The molecule has 4 aromatic rings. The second-order valence-corrected chi connectivity index (χ2v) is 16.2. The van der Waals surface area contributed by atoms with Crippen molar-refractivity contribution in [1.82, 2.24) is 29.7 Å². The van der Waals surface area contributed by atoms with Gasteiger partial charge in [-0.3, -0.25) is 19.4 Å². The van der Waals surface area contributed by atoms with E-state index in [1.54, 1.807) is 20.3 Å². The lowest BCUT2D eigenvalue weighted by atomic mass is 9.73. The Labute approximate surface area is 314 Å². The van der Waals surface area contributed by atoms with E-state index < -0.39 is 17.4 Å². The molecule has 0 unspecified atom stereocenters. The molecule has 4 fully saturated rings. The number of alkyl halides is 1. The molecule has 11 nitrogen and oxygen atoms in total. The minimum Gasteiger partial charge on any atom is -0.378 e. The fourth-order valence-electron chi connectivity index (χ4n) is 9.41. The topological polar surface area (TPSA) is 108 Å². The van der Waals surface area contributed by atoms with Crippen molar-refractivity contribution in [2.24, 2.45) is 0 Å². The highest BCUT2D eigenvalue weighted by Crippen LogP contribution is 2.52. The number of pyridine rings is 1. The molecule has 0 radical (unpaired) electrons. The number of fused-ring (bicyclic) bond motifs is 3. The van der Waals surface area contributed by atoms with Crippen LogP contribution in [-0.2, 0) is 14.9 Å². The Bertz CT molecular complexity index is 2140. The van der Waals surface area contributed by atoms with Crippen LogP contribution in [0.5, 0.6) is 0 Å². The highest BCUT2D eigenvalue weighted by atomic mass is 19.1. The standard InChI is InChI=1S/C41H48F2N8O3/c1-23(2)50-22-45-35-18-33(46-38(37(35)50)47-34-17-30(39(52)44-4)24(3)13-32(34)43)25-5-6-31-36(14-25)51(28-15-27(16-28)49-10-7-26(42)19-49)40(53)41(31)8-11-48(12-9-41)29-20-54-21-29/h5-6,13-14,17-18,22-23,26-29H,7-12,15-16,19-21H2,1-4H3,(H,44,52)(H,46,47)/t26-,27?,28?/m1/s1. The zero-order chi connectivity index (χ0) is 37.5. The van der Waals surface area contributed by atoms with Gasteiger partial charge < -0.3 is 24.8 Å². The predicted octanol–water partition coefficient (Wildman–Crippen LogP) is 5.88. The lowest BCUT2D eigenvalue weighted by Gasteiger charge is -2.47. The molecular formula is C41H48F2N8O3. The number of aromatic nitrogens is 3. The molecule has 4 aliphatic heterocycles. The van der Waals surface area contributed by atoms with Gasteiger partial charge in [0.15, 0.2) is 5.82 Å². The number of aryl methyl sites for hydroxylation is 1. The third kappa shape index (κ3) is 5.69. The first-order chi connectivity index (χ1) is 26.0. The first-order valence-corrected chi connectivity index (χ1v) is 19.4. The second kappa shape index (κ2) is 13.4. The molecule has 6 heterocycles. The molecule has 3 saturated heterocycles. The first kappa shape index (κ1) is 35.3. The van der Waals surface area contributed by atoms with Gasteiger partial charge in [0.1, 0.15) is 17.5 Å². The normalized spacial score (nSPS) is 24.3. The van der Waals surface area contributed by atoms with Crippen LogP contribution in [0.1, 0.15) is 73.5 Å². The highest BCUT2D eigenvalue weighted by Gasteiger charge is 2.56. The number of carbonyl (C=O) groups excluding carboxylic acids is 2. The number of benzene rings is 2. The zero-order valence-corrected chi connectivity index (χ0v) is 31.4. The van der Waals surface area contributed by atoms with Crippen molar-refractivity contribution in [3.05, 3.63) is 65.2 Å². The summed E-state index contributed by atoms with van der Waals surface area (Å²) in [5, 5.41) is 5.86. The number of halogens is 2. The molecule has 9 rings (SSSR count). The van der Waals surface area contributed by atoms with E-state index in [-0.39, 0.29) is 35.6 Å². The molecule has 0 bridgehead atoms.